The summed E-state index contributed by atoms with van der Waals surface area (Å²) in [5.74, 6) is -0.0913. The summed E-state index contributed by atoms with van der Waals surface area (Å²) in [5, 5.41) is 9.48. The summed E-state index contributed by atoms with van der Waals surface area (Å²) < 4.78 is 12.4. The lowest BCUT2D eigenvalue weighted by atomic mass is 10.0. The SMILES string of the molecule is CC(C)c1cc(Br)ccc1O[C@@H]1C[C@@H](C(=O)O)N(C(=O)OC(C)(C)C)C1. The Kier molecular flexibility index (Phi) is 6.21. The number of carboxylic acids is 1. The summed E-state index contributed by atoms with van der Waals surface area (Å²) in [5.41, 5.74) is 0.345. The molecule has 0 saturated carbocycles. The van der Waals surface area contributed by atoms with E-state index in [1.165, 1.54) is 4.90 Å². The van der Waals surface area contributed by atoms with Gasteiger partial charge in [-0.3, -0.25) is 4.90 Å². The van der Waals surface area contributed by atoms with Crippen molar-refractivity contribution in [1.82, 2.24) is 4.90 Å². The van der Waals surface area contributed by atoms with E-state index in [0.717, 1.165) is 10.0 Å². The Hall–Kier alpha value is -1.76. The molecule has 1 heterocycles. The number of carboxylic acid groups (broad SMARTS) is 1. The van der Waals surface area contributed by atoms with E-state index in [9.17, 15) is 14.7 Å². The molecule has 2 atom stereocenters. The third kappa shape index (κ3) is 5.13. The van der Waals surface area contributed by atoms with E-state index in [1.54, 1.807) is 20.8 Å². The Morgan fingerprint density at radius 3 is 2.50 bits per heavy atom. The van der Waals surface area contributed by atoms with Crippen LogP contribution in [-0.2, 0) is 9.53 Å². The number of halogens is 1. The highest BCUT2D eigenvalue weighted by molar-refractivity contribution is 9.10. The van der Waals surface area contributed by atoms with Crippen molar-refractivity contribution in [2.75, 3.05) is 6.54 Å². The van der Waals surface area contributed by atoms with E-state index in [1.807, 2.05) is 18.2 Å². The number of likely N-dealkylation sites (tertiary alicyclic amines) is 1. The number of benzene rings is 1. The van der Waals surface area contributed by atoms with Gasteiger partial charge in [-0.2, -0.15) is 0 Å². The normalized spacial score (nSPS) is 20.3. The molecule has 6 nitrogen and oxygen atoms in total. The quantitative estimate of drug-likeness (QED) is 0.769. The van der Waals surface area contributed by atoms with Crippen LogP contribution in [0.4, 0.5) is 4.79 Å². The van der Waals surface area contributed by atoms with Crippen LogP contribution < -0.4 is 4.74 Å². The largest absolute Gasteiger partial charge is 0.488 e. The second kappa shape index (κ2) is 7.86. The predicted molar refractivity (Wildman–Crippen MR) is 102 cm³/mol. The molecule has 0 unspecified atom stereocenters. The van der Waals surface area contributed by atoms with Gasteiger partial charge < -0.3 is 14.6 Å². The first kappa shape index (κ1) is 20.6. The monoisotopic (exact) mass is 427 g/mol. The molecule has 1 N–H and O–H groups in total. The summed E-state index contributed by atoms with van der Waals surface area (Å²) in [7, 11) is 0. The van der Waals surface area contributed by atoms with Crippen LogP contribution in [0.1, 0.15) is 52.5 Å². The van der Waals surface area contributed by atoms with Gasteiger partial charge in [0.05, 0.1) is 6.54 Å². The topological polar surface area (TPSA) is 76.1 Å². The highest BCUT2D eigenvalue weighted by atomic mass is 79.9. The van der Waals surface area contributed by atoms with Crippen LogP contribution in [0.5, 0.6) is 5.75 Å². The average Bonchev–Trinajstić information content (AvgIpc) is 2.91. The Labute approximate surface area is 162 Å². The maximum Gasteiger partial charge on any atom is 0.411 e. The number of hydrogen-bond acceptors (Lipinski definition) is 4. The number of rotatable bonds is 4. The standard InChI is InChI=1S/C19H26BrNO5/c1-11(2)14-8-12(20)6-7-16(14)25-13-9-15(17(22)23)21(10-13)18(24)26-19(3,4)5/h6-8,11,13,15H,9-10H2,1-5H3,(H,22,23)/t13-,15+/m1/s1. The molecule has 7 heteroatoms. The number of amides is 1. The lowest BCUT2D eigenvalue weighted by molar-refractivity contribution is -0.142. The maximum atomic E-state index is 12.4. The number of aliphatic carboxylic acids is 1. The second-order valence-corrected chi connectivity index (χ2v) is 8.71. The molecule has 0 aliphatic carbocycles. The summed E-state index contributed by atoms with van der Waals surface area (Å²) in [4.78, 5) is 25.2. The molecule has 1 amide bonds. The molecule has 0 bridgehead atoms. The van der Waals surface area contributed by atoms with Gasteiger partial charge in [0.1, 0.15) is 23.5 Å². The zero-order valence-corrected chi connectivity index (χ0v) is 17.4. The fourth-order valence-electron chi connectivity index (χ4n) is 2.90. The molecule has 1 aromatic rings. The molecule has 0 spiro atoms. The summed E-state index contributed by atoms with van der Waals surface area (Å²) in [6.07, 6.45) is -0.805. The van der Waals surface area contributed by atoms with Gasteiger partial charge in [-0.05, 0) is 50.5 Å². The van der Waals surface area contributed by atoms with E-state index in [2.05, 4.69) is 29.8 Å². The Morgan fingerprint density at radius 2 is 1.96 bits per heavy atom. The highest BCUT2D eigenvalue weighted by Crippen LogP contribution is 2.32. The Bertz CT molecular complexity index is 683. The van der Waals surface area contributed by atoms with Crippen LogP contribution in [0.15, 0.2) is 22.7 Å². The van der Waals surface area contributed by atoms with E-state index < -0.39 is 29.8 Å². The second-order valence-electron chi connectivity index (χ2n) is 7.80. The van der Waals surface area contributed by atoms with Crippen molar-refractivity contribution < 1.29 is 24.2 Å². The van der Waals surface area contributed by atoms with Crippen molar-refractivity contribution >= 4 is 28.0 Å². The molecule has 1 fully saturated rings. The first-order valence-corrected chi connectivity index (χ1v) is 9.45. The molecule has 0 aromatic heterocycles. The van der Waals surface area contributed by atoms with Crippen molar-refractivity contribution in [2.45, 2.75) is 64.7 Å². The van der Waals surface area contributed by atoms with Gasteiger partial charge in [0, 0.05) is 10.9 Å². The zero-order chi connectivity index (χ0) is 19.6. The smallest absolute Gasteiger partial charge is 0.411 e. The van der Waals surface area contributed by atoms with Crippen molar-refractivity contribution in [3.63, 3.8) is 0 Å². The molecule has 26 heavy (non-hydrogen) atoms. The van der Waals surface area contributed by atoms with Crippen LogP contribution >= 0.6 is 15.9 Å². The van der Waals surface area contributed by atoms with Gasteiger partial charge >= 0.3 is 12.1 Å². The molecule has 1 aliphatic rings. The molecule has 144 valence electrons. The van der Waals surface area contributed by atoms with Gasteiger partial charge in [0.15, 0.2) is 0 Å². The van der Waals surface area contributed by atoms with Crippen LogP contribution in [0.3, 0.4) is 0 Å². The van der Waals surface area contributed by atoms with Gasteiger partial charge in [-0.15, -0.1) is 0 Å². The van der Waals surface area contributed by atoms with E-state index in [0.29, 0.717) is 5.75 Å². The first-order valence-electron chi connectivity index (χ1n) is 8.66. The lowest BCUT2D eigenvalue weighted by Crippen LogP contribution is -2.43. The average molecular weight is 428 g/mol. The van der Waals surface area contributed by atoms with Gasteiger partial charge in [0.25, 0.3) is 0 Å². The molecular formula is C19H26BrNO5. The number of carbonyl (C=O) groups excluding carboxylic acids is 1. The molecule has 1 saturated heterocycles. The minimum Gasteiger partial charge on any atom is -0.488 e. The summed E-state index contributed by atoms with van der Waals surface area (Å²) >= 11 is 3.46. The number of hydrogen-bond donors (Lipinski definition) is 1. The van der Waals surface area contributed by atoms with Gasteiger partial charge in [-0.1, -0.05) is 29.8 Å². The molecule has 1 aliphatic heterocycles. The van der Waals surface area contributed by atoms with E-state index >= 15 is 0 Å². The Morgan fingerprint density at radius 1 is 1.31 bits per heavy atom. The maximum absolute atomic E-state index is 12.4. The van der Waals surface area contributed by atoms with Crippen LogP contribution in [-0.4, -0.2) is 46.4 Å². The molecule has 0 radical (unpaired) electrons. The van der Waals surface area contributed by atoms with E-state index in [-0.39, 0.29) is 18.9 Å². The summed E-state index contributed by atoms with van der Waals surface area (Å²) in [6, 6.07) is 4.80. The lowest BCUT2D eigenvalue weighted by Gasteiger charge is -2.26. The van der Waals surface area contributed by atoms with Crippen molar-refractivity contribution in [1.29, 1.82) is 0 Å². The van der Waals surface area contributed by atoms with Crippen LogP contribution in [0.25, 0.3) is 0 Å². The number of nitrogens with zero attached hydrogens (tertiary/aromatic N) is 1. The van der Waals surface area contributed by atoms with Crippen molar-refractivity contribution in [2.24, 2.45) is 0 Å². The number of carbonyl (C=O) groups is 2. The minimum absolute atomic E-state index is 0.180. The fraction of sp³-hybridized carbons (Fsp3) is 0.579. The van der Waals surface area contributed by atoms with Gasteiger partial charge in [0.2, 0.25) is 0 Å². The van der Waals surface area contributed by atoms with E-state index in [4.69, 9.17) is 9.47 Å². The predicted octanol–water partition coefficient (Wildman–Crippen LogP) is 4.41. The number of ether oxygens (including phenoxy) is 2. The zero-order valence-electron chi connectivity index (χ0n) is 15.8. The first-order chi connectivity index (χ1) is 12.0. The molecule has 1 aromatic carbocycles. The van der Waals surface area contributed by atoms with Crippen LogP contribution in [0.2, 0.25) is 0 Å². The third-order valence-corrected chi connectivity index (χ3v) is 4.56. The Balaban J connectivity index is 2.18. The van der Waals surface area contributed by atoms with Crippen molar-refractivity contribution in [3.8, 4) is 5.75 Å². The highest BCUT2D eigenvalue weighted by Gasteiger charge is 2.42. The summed E-state index contributed by atoms with van der Waals surface area (Å²) in [6.45, 7) is 9.57. The fourth-order valence-corrected chi connectivity index (χ4v) is 3.28. The minimum atomic E-state index is -1.05. The van der Waals surface area contributed by atoms with Gasteiger partial charge in [-0.25, -0.2) is 9.59 Å². The van der Waals surface area contributed by atoms with Crippen molar-refractivity contribution in [3.05, 3.63) is 28.2 Å². The third-order valence-electron chi connectivity index (χ3n) is 4.06. The van der Waals surface area contributed by atoms with Crippen LogP contribution in [0, 0.1) is 0 Å². The molecule has 2 rings (SSSR count). The molecular weight excluding hydrogens is 402 g/mol.